The van der Waals surface area contributed by atoms with Gasteiger partial charge in [0.2, 0.25) is 5.91 Å². The van der Waals surface area contributed by atoms with Crippen LogP contribution in [0.1, 0.15) is 0 Å². The summed E-state index contributed by atoms with van der Waals surface area (Å²) in [5, 5.41) is 2.90. The van der Waals surface area contributed by atoms with Gasteiger partial charge in [-0.1, -0.05) is 11.6 Å². The minimum absolute atomic E-state index is 0.000558. The highest BCUT2D eigenvalue weighted by Crippen LogP contribution is 2.34. The molecule has 138 valence electrons. The Morgan fingerprint density at radius 1 is 1.12 bits per heavy atom. The van der Waals surface area contributed by atoms with Gasteiger partial charge in [-0.3, -0.25) is 9.10 Å². The van der Waals surface area contributed by atoms with Gasteiger partial charge in [0.05, 0.1) is 10.6 Å². The summed E-state index contributed by atoms with van der Waals surface area (Å²) in [5.74, 6) is 0.397. The van der Waals surface area contributed by atoms with E-state index in [1.165, 1.54) is 19.2 Å². The van der Waals surface area contributed by atoms with Gasteiger partial charge >= 0.3 is 0 Å². The van der Waals surface area contributed by atoms with Crippen LogP contribution in [0.4, 0.5) is 5.69 Å². The molecular weight excluding hydrogens is 380 g/mol. The average molecular weight is 397 g/mol. The molecular formula is C17H17ClN2O5S. The molecule has 0 saturated heterocycles. The van der Waals surface area contributed by atoms with Crippen molar-refractivity contribution in [3.05, 3.63) is 47.5 Å². The van der Waals surface area contributed by atoms with E-state index < -0.39 is 15.9 Å². The lowest BCUT2D eigenvalue weighted by molar-refractivity contribution is -0.119. The van der Waals surface area contributed by atoms with Crippen molar-refractivity contribution in [2.24, 2.45) is 0 Å². The van der Waals surface area contributed by atoms with Crippen LogP contribution in [0, 0.1) is 0 Å². The molecule has 1 aliphatic heterocycles. The van der Waals surface area contributed by atoms with Gasteiger partial charge in [-0.2, -0.15) is 0 Å². The smallest absolute Gasteiger partial charge is 0.264 e. The maximum Gasteiger partial charge on any atom is 0.264 e. The van der Waals surface area contributed by atoms with E-state index in [0.29, 0.717) is 35.4 Å². The summed E-state index contributed by atoms with van der Waals surface area (Å²) in [5.41, 5.74) is 0.327. The molecule has 0 atom stereocenters. The molecule has 3 rings (SSSR count). The van der Waals surface area contributed by atoms with E-state index >= 15 is 0 Å². The Morgan fingerprint density at radius 2 is 1.77 bits per heavy atom. The van der Waals surface area contributed by atoms with Crippen molar-refractivity contribution >= 4 is 33.2 Å². The SMILES string of the molecule is CNC(=O)CN(c1ccc(Cl)cc1)S(=O)(=O)c1ccc2c(c1)OCCO2. The van der Waals surface area contributed by atoms with Crippen LogP contribution in [0.2, 0.25) is 5.02 Å². The Labute approximate surface area is 156 Å². The molecule has 7 nitrogen and oxygen atoms in total. The Kier molecular flexibility index (Phi) is 5.24. The number of anilines is 1. The quantitative estimate of drug-likeness (QED) is 0.836. The molecule has 1 amide bonds. The molecule has 0 spiro atoms. The number of hydrogen-bond donors (Lipinski definition) is 1. The van der Waals surface area contributed by atoms with Gasteiger partial charge < -0.3 is 14.8 Å². The number of carbonyl (C=O) groups excluding carboxylic acids is 1. The van der Waals surface area contributed by atoms with Gasteiger partial charge in [-0.25, -0.2) is 8.42 Å². The van der Waals surface area contributed by atoms with E-state index in [1.54, 1.807) is 30.3 Å². The van der Waals surface area contributed by atoms with E-state index in [1.807, 2.05) is 0 Å². The van der Waals surface area contributed by atoms with Crippen LogP contribution in [0.25, 0.3) is 0 Å². The molecule has 9 heteroatoms. The second-order valence-electron chi connectivity index (χ2n) is 5.47. The maximum atomic E-state index is 13.2. The summed E-state index contributed by atoms with van der Waals surface area (Å²) in [4.78, 5) is 11.9. The van der Waals surface area contributed by atoms with Crippen molar-refractivity contribution in [1.29, 1.82) is 0 Å². The number of halogens is 1. The van der Waals surface area contributed by atoms with Gasteiger partial charge in [0.25, 0.3) is 10.0 Å². The number of fused-ring (bicyclic) bond motifs is 1. The van der Waals surface area contributed by atoms with Gasteiger partial charge in [0.15, 0.2) is 11.5 Å². The van der Waals surface area contributed by atoms with Gasteiger partial charge in [-0.05, 0) is 36.4 Å². The number of sulfonamides is 1. The summed E-state index contributed by atoms with van der Waals surface area (Å²) in [6.45, 7) is 0.386. The summed E-state index contributed by atoms with van der Waals surface area (Å²) in [7, 11) is -2.57. The Bertz CT molecular complexity index is 915. The first-order valence-corrected chi connectivity index (χ1v) is 9.62. The van der Waals surface area contributed by atoms with Crippen molar-refractivity contribution in [3.8, 4) is 11.5 Å². The van der Waals surface area contributed by atoms with Crippen LogP contribution >= 0.6 is 11.6 Å². The van der Waals surface area contributed by atoms with Crippen LogP contribution in [0.5, 0.6) is 11.5 Å². The Hall–Kier alpha value is -2.45. The number of hydrogen-bond acceptors (Lipinski definition) is 5. The van der Waals surface area contributed by atoms with Crippen molar-refractivity contribution in [3.63, 3.8) is 0 Å². The fourth-order valence-electron chi connectivity index (χ4n) is 2.44. The van der Waals surface area contributed by atoms with E-state index in [9.17, 15) is 13.2 Å². The molecule has 0 radical (unpaired) electrons. The molecule has 26 heavy (non-hydrogen) atoms. The number of rotatable bonds is 5. The highest BCUT2D eigenvalue weighted by molar-refractivity contribution is 7.92. The molecule has 0 aliphatic carbocycles. The number of likely N-dealkylation sites (N-methyl/N-ethyl adjacent to an activating group) is 1. The number of benzene rings is 2. The van der Waals surface area contributed by atoms with Crippen LogP contribution < -0.4 is 19.1 Å². The second-order valence-corrected chi connectivity index (χ2v) is 7.77. The van der Waals surface area contributed by atoms with E-state index in [4.69, 9.17) is 21.1 Å². The number of nitrogens with zero attached hydrogens (tertiary/aromatic N) is 1. The molecule has 1 heterocycles. The molecule has 0 saturated carbocycles. The average Bonchev–Trinajstić information content (AvgIpc) is 2.66. The first-order valence-electron chi connectivity index (χ1n) is 7.80. The first kappa shape index (κ1) is 18.3. The number of carbonyl (C=O) groups is 1. The van der Waals surface area contributed by atoms with Crippen molar-refractivity contribution in [2.75, 3.05) is 31.1 Å². The Morgan fingerprint density at radius 3 is 2.42 bits per heavy atom. The normalized spacial score (nSPS) is 13.2. The standard InChI is InChI=1S/C17H17ClN2O5S/c1-19-17(21)11-20(13-4-2-12(18)3-5-13)26(22,23)14-6-7-15-16(10-14)25-9-8-24-15/h2-7,10H,8-9,11H2,1H3,(H,19,21). The lowest BCUT2D eigenvalue weighted by Gasteiger charge is -2.25. The van der Waals surface area contributed by atoms with E-state index in [2.05, 4.69) is 5.32 Å². The molecule has 1 N–H and O–H groups in total. The molecule has 2 aromatic rings. The molecule has 0 unspecified atom stereocenters. The molecule has 0 aromatic heterocycles. The first-order chi connectivity index (χ1) is 12.4. The minimum Gasteiger partial charge on any atom is -0.486 e. The third kappa shape index (κ3) is 3.71. The number of ether oxygens (including phenoxy) is 2. The molecule has 0 fully saturated rings. The van der Waals surface area contributed by atoms with Gasteiger partial charge in [0.1, 0.15) is 19.8 Å². The zero-order valence-corrected chi connectivity index (χ0v) is 15.5. The van der Waals surface area contributed by atoms with E-state index in [0.717, 1.165) is 4.31 Å². The summed E-state index contributed by atoms with van der Waals surface area (Å²) >= 11 is 5.88. The van der Waals surface area contributed by atoms with Crippen LogP contribution in [0.3, 0.4) is 0 Å². The lowest BCUT2D eigenvalue weighted by Crippen LogP contribution is -2.39. The predicted molar refractivity (Wildman–Crippen MR) is 97.5 cm³/mol. The monoisotopic (exact) mass is 396 g/mol. The zero-order valence-electron chi connectivity index (χ0n) is 13.9. The van der Waals surface area contributed by atoms with Crippen LogP contribution in [-0.2, 0) is 14.8 Å². The third-order valence-electron chi connectivity index (χ3n) is 3.78. The predicted octanol–water partition coefficient (Wildman–Crippen LogP) is 2.05. The van der Waals surface area contributed by atoms with Gasteiger partial charge in [-0.15, -0.1) is 0 Å². The maximum absolute atomic E-state index is 13.2. The molecule has 2 aromatic carbocycles. The lowest BCUT2D eigenvalue weighted by atomic mass is 10.3. The Balaban J connectivity index is 2.03. The summed E-state index contributed by atoms with van der Waals surface area (Å²) in [6.07, 6.45) is 0. The summed E-state index contributed by atoms with van der Waals surface area (Å²) < 4.78 is 38.2. The fourth-order valence-corrected chi connectivity index (χ4v) is 4.01. The van der Waals surface area contributed by atoms with E-state index in [-0.39, 0.29) is 11.4 Å². The fraction of sp³-hybridized carbons (Fsp3) is 0.235. The van der Waals surface area contributed by atoms with Crippen molar-refractivity contribution in [2.45, 2.75) is 4.90 Å². The zero-order chi connectivity index (χ0) is 18.7. The third-order valence-corrected chi connectivity index (χ3v) is 5.80. The topological polar surface area (TPSA) is 84.9 Å². The summed E-state index contributed by atoms with van der Waals surface area (Å²) in [6, 6.07) is 10.6. The second kappa shape index (κ2) is 7.43. The molecule has 1 aliphatic rings. The molecule has 0 bridgehead atoms. The van der Waals surface area contributed by atoms with Crippen LogP contribution in [-0.4, -0.2) is 41.1 Å². The van der Waals surface area contributed by atoms with Crippen LogP contribution in [0.15, 0.2) is 47.4 Å². The number of amides is 1. The van der Waals surface area contributed by atoms with Crippen molar-refractivity contribution in [1.82, 2.24) is 5.32 Å². The minimum atomic E-state index is -4.01. The highest BCUT2D eigenvalue weighted by Gasteiger charge is 2.28. The van der Waals surface area contributed by atoms with Gasteiger partial charge in [0, 0.05) is 18.1 Å². The number of nitrogens with one attached hydrogen (secondary N) is 1. The van der Waals surface area contributed by atoms with Crippen molar-refractivity contribution < 1.29 is 22.7 Å². The largest absolute Gasteiger partial charge is 0.486 e. The highest BCUT2D eigenvalue weighted by atomic mass is 35.5.